The summed E-state index contributed by atoms with van der Waals surface area (Å²) in [6.45, 7) is 2.25. The van der Waals surface area contributed by atoms with E-state index in [1.165, 1.54) is 19.3 Å². The molecule has 2 heterocycles. The molecule has 1 aliphatic carbocycles. The van der Waals surface area contributed by atoms with Crippen LogP contribution in [0.1, 0.15) is 50.7 Å². The normalized spacial score (nSPS) is 29.3. The summed E-state index contributed by atoms with van der Waals surface area (Å²) in [6.07, 6.45) is 5.69. The lowest BCUT2D eigenvalue weighted by atomic mass is 9.80. The fraction of sp³-hybridized carbons (Fsp3) is 0.571. The molecule has 150 valence electrons. The number of nitrogens with zero attached hydrogens (tertiary/aromatic N) is 1. The molecule has 0 N–H and O–H groups in total. The van der Waals surface area contributed by atoms with Crippen molar-refractivity contribution < 1.29 is 28.1 Å². The number of benzene rings is 1. The van der Waals surface area contributed by atoms with Gasteiger partial charge >= 0.3 is 19.1 Å². The highest BCUT2D eigenvalue weighted by Gasteiger charge is 2.57. The van der Waals surface area contributed by atoms with E-state index >= 15 is 0 Å². The van der Waals surface area contributed by atoms with E-state index in [9.17, 15) is 9.59 Å². The van der Waals surface area contributed by atoms with Crippen LogP contribution in [0.25, 0.3) is 0 Å². The van der Waals surface area contributed by atoms with Crippen molar-refractivity contribution in [3.8, 4) is 0 Å². The molecule has 3 unspecified atom stereocenters. The van der Waals surface area contributed by atoms with Gasteiger partial charge in [0.1, 0.15) is 6.10 Å². The van der Waals surface area contributed by atoms with Crippen LogP contribution in [-0.2, 0) is 23.6 Å². The number of rotatable bonds is 4. The molecule has 0 amide bonds. The van der Waals surface area contributed by atoms with Crippen LogP contribution in [0.3, 0.4) is 0 Å². The topological polar surface area (TPSA) is 65.1 Å². The molecule has 1 saturated carbocycles. The quantitative estimate of drug-likeness (QED) is 0.345. The molecule has 3 fully saturated rings. The lowest BCUT2D eigenvalue weighted by molar-refractivity contribution is -0.899. The zero-order valence-corrected chi connectivity index (χ0v) is 16.4. The lowest BCUT2D eigenvalue weighted by Crippen LogP contribution is -2.60. The maximum atomic E-state index is 12.6. The van der Waals surface area contributed by atoms with E-state index in [-0.39, 0.29) is 29.7 Å². The maximum absolute atomic E-state index is 12.6. The second-order valence-electron chi connectivity index (χ2n) is 8.45. The molecule has 28 heavy (non-hydrogen) atoms. The third kappa shape index (κ3) is 4.10. The molecule has 3 atom stereocenters. The summed E-state index contributed by atoms with van der Waals surface area (Å²) in [5, 5.41) is 0. The van der Waals surface area contributed by atoms with E-state index in [0.717, 1.165) is 18.4 Å². The third-order valence-corrected chi connectivity index (χ3v) is 6.50. The van der Waals surface area contributed by atoms with Crippen LogP contribution in [0.2, 0.25) is 0 Å². The summed E-state index contributed by atoms with van der Waals surface area (Å²) in [4.78, 5) is 25.2. The first-order valence-corrected chi connectivity index (χ1v) is 10.3. The van der Waals surface area contributed by atoms with Crippen molar-refractivity contribution in [3.05, 3.63) is 42.9 Å². The Morgan fingerprint density at radius 2 is 1.64 bits per heavy atom. The summed E-state index contributed by atoms with van der Waals surface area (Å²) in [7, 11) is 3.26. The first kappa shape index (κ1) is 19.5. The molecule has 7 heteroatoms. The fourth-order valence-corrected chi connectivity index (χ4v) is 4.66. The van der Waals surface area contributed by atoms with Gasteiger partial charge < -0.3 is 18.5 Å². The zero-order chi connectivity index (χ0) is 19.7. The highest BCUT2D eigenvalue weighted by Crippen LogP contribution is 2.41. The molecule has 4 rings (SSSR count). The summed E-state index contributed by atoms with van der Waals surface area (Å²) in [5.74, 6) is -0.314. The minimum atomic E-state index is -0.996. The van der Waals surface area contributed by atoms with Crippen LogP contribution in [-0.4, -0.2) is 48.7 Å². The summed E-state index contributed by atoms with van der Waals surface area (Å²) in [5.41, 5.74) is 0.981. The van der Waals surface area contributed by atoms with E-state index in [2.05, 4.69) is 14.0 Å². The van der Waals surface area contributed by atoms with Gasteiger partial charge in [-0.05, 0) is 25.3 Å². The Labute approximate surface area is 166 Å². The predicted molar refractivity (Wildman–Crippen MR) is 103 cm³/mol. The molecule has 0 radical (unpaired) electrons. The molecular weight excluding hydrogens is 357 g/mol. The molecule has 0 bridgehead atoms. The van der Waals surface area contributed by atoms with Crippen LogP contribution in [0.4, 0.5) is 0 Å². The smallest absolute Gasteiger partial charge is 0.493 e. The van der Waals surface area contributed by atoms with Gasteiger partial charge in [-0.3, -0.25) is 0 Å². The zero-order valence-electron chi connectivity index (χ0n) is 16.4. The Morgan fingerprint density at radius 3 is 2.25 bits per heavy atom. The number of hydrogen-bond donors (Lipinski definition) is 0. The second kappa shape index (κ2) is 7.87. The van der Waals surface area contributed by atoms with Crippen molar-refractivity contribution in [1.29, 1.82) is 0 Å². The van der Waals surface area contributed by atoms with Crippen LogP contribution in [0.5, 0.6) is 0 Å². The maximum Gasteiger partial charge on any atom is 0.633 e. The predicted octanol–water partition coefficient (Wildman–Crippen LogP) is 2.83. The number of carbonyl (C=O) groups excluding carboxylic acids is 2. The minimum Gasteiger partial charge on any atom is -0.493 e. The highest BCUT2D eigenvalue weighted by atomic mass is 16.7. The number of hydrogen-bond acceptors (Lipinski definition) is 5. The molecule has 2 saturated heterocycles. The van der Waals surface area contributed by atoms with Gasteiger partial charge in [-0.25, -0.2) is 9.59 Å². The average Bonchev–Trinajstić information content (AvgIpc) is 3.48. The van der Waals surface area contributed by atoms with Crippen molar-refractivity contribution in [2.45, 2.75) is 57.2 Å². The van der Waals surface area contributed by atoms with Crippen molar-refractivity contribution >= 4 is 19.1 Å². The van der Waals surface area contributed by atoms with Gasteiger partial charge in [0, 0.05) is 5.92 Å². The summed E-state index contributed by atoms with van der Waals surface area (Å²) >= 11 is 0. The number of ether oxygens (including phenoxy) is 1. The minimum absolute atomic E-state index is 0.0754. The average molecular weight is 385 g/mol. The van der Waals surface area contributed by atoms with E-state index in [1.807, 2.05) is 30.3 Å². The number of quaternary nitrogens is 1. The second-order valence-corrected chi connectivity index (χ2v) is 8.45. The molecule has 1 aromatic carbocycles. The van der Waals surface area contributed by atoms with Gasteiger partial charge in [-0.2, -0.15) is 0 Å². The molecule has 3 aliphatic rings. The van der Waals surface area contributed by atoms with Gasteiger partial charge in [-0.15, -0.1) is 7.05 Å². The van der Waals surface area contributed by atoms with Crippen LogP contribution in [0.15, 0.2) is 30.3 Å². The van der Waals surface area contributed by atoms with Gasteiger partial charge in [0.25, 0.3) is 0 Å². The summed E-state index contributed by atoms with van der Waals surface area (Å²) in [6, 6.07) is 9.32. The Kier molecular flexibility index (Phi) is 5.47. The Bertz CT molecular complexity index is 701. The highest BCUT2D eigenvalue weighted by molar-refractivity contribution is 6.51. The Balaban J connectivity index is 1.42. The molecule has 0 aromatic heterocycles. The lowest BCUT2D eigenvalue weighted by Gasteiger charge is -2.50. The molecule has 1 aromatic rings. The SMILES string of the molecule is [CH2-][N+]1(C(C)C2CCCCC2)CC(=O)OB(C2OC2c2ccccc2)OC(=O)C1. The first-order chi connectivity index (χ1) is 13.5. The Morgan fingerprint density at radius 1 is 1.04 bits per heavy atom. The number of epoxide rings is 1. The van der Waals surface area contributed by atoms with E-state index in [1.54, 1.807) is 0 Å². The third-order valence-electron chi connectivity index (χ3n) is 6.50. The van der Waals surface area contributed by atoms with Gasteiger partial charge in [-0.1, -0.05) is 49.6 Å². The van der Waals surface area contributed by atoms with E-state index in [4.69, 9.17) is 14.0 Å². The standard InChI is InChI=1S/C21H28BNO5/c1-15(16-9-5-3-6-10-16)23(2)13-18(24)27-22(28-19(25)14-23)21-20(26-21)17-11-7-4-8-12-17/h4,7-8,11-12,15-16,20-21H,2-3,5-6,9-10,13-14H2,1H3. The van der Waals surface area contributed by atoms with E-state index < -0.39 is 25.1 Å². The number of carbonyl (C=O) groups is 2. The largest absolute Gasteiger partial charge is 0.633 e. The molecular formula is C21H28BNO5. The Hall–Kier alpha value is -1.86. The first-order valence-electron chi connectivity index (χ1n) is 10.3. The molecule has 6 nitrogen and oxygen atoms in total. The van der Waals surface area contributed by atoms with Gasteiger partial charge in [0.15, 0.2) is 19.1 Å². The monoisotopic (exact) mass is 385 g/mol. The van der Waals surface area contributed by atoms with Crippen molar-refractivity contribution in [2.24, 2.45) is 5.92 Å². The van der Waals surface area contributed by atoms with Gasteiger partial charge in [0.05, 0.1) is 6.04 Å². The molecule has 2 aliphatic heterocycles. The summed E-state index contributed by atoms with van der Waals surface area (Å²) < 4.78 is 16.8. The van der Waals surface area contributed by atoms with Gasteiger partial charge in [0.2, 0.25) is 0 Å². The fourth-order valence-electron chi connectivity index (χ4n) is 4.66. The van der Waals surface area contributed by atoms with Crippen LogP contribution >= 0.6 is 0 Å². The van der Waals surface area contributed by atoms with E-state index in [0.29, 0.717) is 5.92 Å². The van der Waals surface area contributed by atoms with Crippen molar-refractivity contribution in [1.82, 2.24) is 0 Å². The van der Waals surface area contributed by atoms with Crippen LogP contribution in [0, 0.1) is 13.0 Å². The van der Waals surface area contributed by atoms with Crippen molar-refractivity contribution in [3.63, 3.8) is 0 Å². The van der Waals surface area contributed by atoms with Crippen molar-refractivity contribution in [2.75, 3.05) is 13.1 Å². The molecule has 0 spiro atoms. The van der Waals surface area contributed by atoms with Crippen LogP contribution < -0.4 is 0 Å².